The molecule has 90 valence electrons. The molecule has 0 aliphatic rings. The number of nitrogens with two attached hydrogens (primary N) is 1. The second-order valence-corrected chi connectivity index (χ2v) is 3.37. The third-order valence-electron chi connectivity index (χ3n) is 2.10. The minimum atomic E-state index is -1.05. The maximum Gasteiger partial charge on any atom is 0.328 e. The Morgan fingerprint density at radius 2 is 2.00 bits per heavy atom. The van der Waals surface area contributed by atoms with E-state index >= 15 is 0 Å². The third kappa shape index (κ3) is 4.48. The Kier molecular flexibility index (Phi) is 4.90. The van der Waals surface area contributed by atoms with Crippen LogP contribution in [0.15, 0.2) is 42.5 Å². The fourth-order valence-corrected chi connectivity index (χ4v) is 1.24. The van der Waals surface area contributed by atoms with Crippen molar-refractivity contribution in [3.8, 4) is 0 Å². The monoisotopic (exact) mass is 234 g/mol. The first-order valence-corrected chi connectivity index (χ1v) is 5.09. The van der Waals surface area contributed by atoms with Crippen LogP contribution < -0.4 is 11.1 Å². The van der Waals surface area contributed by atoms with Crippen LogP contribution >= 0.6 is 0 Å². The van der Waals surface area contributed by atoms with Crippen LogP contribution in [0.25, 0.3) is 0 Å². The summed E-state index contributed by atoms with van der Waals surface area (Å²) in [6.07, 6.45) is 2.31. The van der Waals surface area contributed by atoms with Crippen LogP contribution in [0, 0.1) is 0 Å². The van der Waals surface area contributed by atoms with E-state index in [1.807, 2.05) is 6.07 Å². The van der Waals surface area contributed by atoms with Gasteiger partial charge in [0, 0.05) is 12.6 Å². The van der Waals surface area contributed by atoms with E-state index in [0.717, 1.165) is 6.08 Å². The zero-order chi connectivity index (χ0) is 12.7. The molecular formula is C12H14N2O3. The first kappa shape index (κ1) is 12.9. The molecule has 0 fully saturated rings. The van der Waals surface area contributed by atoms with Gasteiger partial charge in [-0.05, 0) is 5.56 Å². The predicted octanol–water partition coefficient (Wildman–Crippen LogP) is 0.443. The highest BCUT2D eigenvalue weighted by atomic mass is 16.4. The van der Waals surface area contributed by atoms with Gasteiger partial charge >= 0.3 is 5.97 Å². The van der Waals surface area contributed by atoms with E-state index in [1.165, 1.54) is 6.08 Å². The molecule has 0 aliphatic carbocycles. The van der Waals surface area contributed by atoms with Gasteiger partial charge in [0.15, 0.2) is 0 Å². The number of amides is 1. The quantitative estimate of drug-likeness (QED) is 0.645. The number of carbonyl (C=O) groups excluding carboxylic acids is 1. The van der Waals surface area contributed by atoms with Gasteiger partial charge in [-0.1, -0.05) is 36.4 Å². The summed E-state index contributed by atoms with van der Waals surface area (Å²) in [5, 5.41) is 10.9. The van der Waals surface area contributed by atoms with Gasteiger partial charge in [0.1, 0.15) is 6.04 Å². The first-order chi connectivity index (χ1) is 8.11. The number of carboxylic acid groups (broad SMARTS) is 1. The van der Waals surface area contributed by atoms with Gasteiger partial charge in [0.2, 0.25) is 5.91 Å². The van der Waals surface area contributed by atoms with E-state index in [-0.39, 0.29) is 12.5 Å². The van der Waals surface area contributed by atoms with Crippen LogP contribution in [0.4, 0.5) is 0 Å². The highest BCUT2D eigenvalue weighted by Crippen LogP contribution is 2.08. The van der Waals surface area contributed by atoms with Crippen LogP contribution in [0.2, 0.25) is 0 Å². The van der Waals surface area contributed by atoms with E-state index in [1.54, 1.807) is 24.3 Å². The largest absolute Gasteiger partial charge is 0.478 e. The van der Waals surface area contributed by atoms with Gasteiger partial charge < -0.3 is 16.2 Å². The molecule has 0 spiro atoms. The number of benzene rings is 1. The van der Waals surface area contributed by atoms with Crippen LogP contribution in [0.5, 0.6) is 0 Å². The number of carbonyl (C=O) groups is 2. The fraction of sp³-hybridized carbons (Fsp3) is 0.167. The van der Waals surface area contributed by atoms with Crippen LogP contribution in [0.1, 0.15) is 11.6 Å². The predicted molar refractivity (Wildman–Crippen MR) is 63.2 cm³/mol. The minimum Gasteiger partial charge on any atom is -0.478 e. The lowest BCUT2D eigenvalue weighted by atomic mass is 10.1. The molecule has 1 atom stereocenters. The molecule has 0 saturated heterocycles. The van der Waals surface area contributed by atoms with Crippen molar-refractivity contribution in [2.75, 3.05) is 6.54 Å². The minimum absolute atomic E-state index is 0.145. The molecule has 0 heterocycles. The van der Waals surface area contributed by atoms with E-state index in [4.69, 9.17) is 10.8 Å². The second kappa shape index (κ2) is 6.44. The van der Waals surface area contributed by atoms with Crippen molar-refractivity contribution >= 4 is 11.9 Å². The number of aliphatic carboxylic acids is 1. The zero-order valence-corrected chi connectivity index (χ0v) is 9.17. The standard InChI is InChI=1S/C12H14N2O3/c13-11(9-5-2-1-3-6-9)12(17)14-8-4-7-10(15)16/h1-7,11H,8,13H2,(H,14,17)(H,15,16)/b7-4+. The van der Waals surface area contributed by atoms with Gasteiger partial charge in [-0.25, -0.2) is 4.79 Å². The topological polar surface area (TPSA) is 92.4 Å². The normalized spacial score (nSPS) is 12.3. The average molecular weight is 234 g/mol. The molecule has 4 N–H and O–H groups in total. The first-order valence-electron chi connectivity index (χ1n) is 5.09. The van der Waals surface area contributed by atoms with Crippen molar-refractivity contribution in [1.29, 1.82) is 0 Å². The van der Waals surface area contributed by atoms with Crippen molar-refractivity contribution in [2.45, 2.75) is 6.04 Å². The highest BCUT2D eigenvalue weighted by molar-refractivity contribution is 5.83. The second-order valence-electron chi connectivity index (χ2n) is 3.37. The Morgan fingerprint density at radius 1 is 1.35 bits per heavy atom. The Hall–Kier alpha value is -2.14. The molecule has 1 aromatic rings. The Labute approximate surface area is 98.9 Å². The van der Waals surface area contributed by atoms with Crippen molar-refractivity contribution in [1.82, 2.24) is 5.32 Å². The van der Waals surface area contributed by atoms with Gasteiger partial charge in [-0.15, -0.1) is 0 Å². The Bertz CT molecular complexity index is 415. The van der Waals surface area contributed by atoms with Crippen molar-refractivity contribution in [3.63, 3.8) is 0 Å². The van der Waals surface area contributed by atoms with Crippen molar-refractivity contribution in [3.05, 3.63) is 48.0 Å². The number of carboxylic acids is 1. The number of hydrogen-bond donors (Lipinski definition) is 3. The maximum atomic E-state index is 11.6. The Balaban J connectivity index is 2.46. The van der Waals surface area contributed by atoms with Crippen molar-refractivity contribution in [2.24, 2.45) is 5.73 Å². The lowest BCUT2D eigenvalue weighted by Gasteiger charge is -2.11. The van der Waals surface area contributed by atoms with Gasteiger partial charge in [-0.3, -0.25) is 4.79 Å². The molecule has 0 aromatic heterocycles. The number of rotatable bonds is 5. The van der Waals surface area contributed by atoms with Crippen LogP contribution in [-0.2, 0) is 9.59 Å². The lowest BCUT2D eigenvalue weighted by Crippen LogP contribution is -2.34. The molecule has 5 nitrogen and oxygen atoms in total. The van der Waals surface area contributed by atoms with Crippen LogP contribution in [0.3, 0.4) is 0 Å². The summed E-state index contributed by atoms with van der Waals surface area (Å²) < 4.78 is 0. The molecule has 1 amide bonds. The number of hydrogen-bond acceptors (Lipinski definition) is 3. The molecular weight excluding hydrogens is 220 g/mol. The van der Waals surface area contributed by atoms with Gasteiger partial charge in [-0.2, -0.15) is 0 Å². The van der Waals surface area contributed by atoms with Crippen LogP contribution in [-0.4, -0.2) is 23.5 Å². The lowest BCUT2D eigenvalue weighted by molar-refractivity contribution is -0.131. The summed E-state index contributed by atoms with van der Waals surface area (Å²) in [4.78, 5) is 21.7. The summed E-state index contributed by atoms with van der Waals surface area (Å²) in [6, 6.07) is 8.22. The maximum absolute atomic E-state index is 11.6. The fourth-order valence-electron chi connectivity index (χ4n) is 1.24. The molecule has 1 rings (SSSR count). The molecule has 1 unspecified atom stereocenters. The molecule has 0 bridgehead atoms. The molecule has 0 saturated carbocycles. The summed E-state index contributed by atoms with van der Waals surface area (Å²) in [6.45, 7) is 0.145. The third-order valence-corrected chi connectivity index (χ3v) is 2.10. The van der Waals surface area contributed by atoms with Gasteiger partial charge in [0.25, 0.3) is 0 Å². The van der Waals surface area contributed by atoms with Gasteiger partial charge in [0.05, 0.1) is 0 Å². The highest BCUT2D eigenvalue weighted by Gasteiger charge is 2.13. The van der Waals surface area contributed by atoms with E-state index in [9.17, 15) is 9.59 Å². The molecule has 17 heavy (non-hydrogen) atoms. The molecule has 1 aromatic carbocycles. The average Bonchev–Trinajstić information content (AvgIpc) is 2.34. The summed E-state index contributed by atoms with van der Waals surface area (Å²) >= 11 is 0. The summed E-state index contributed by atoms with van der Waals surface area (Å²) in [5.74, 6) is -1.39. The number of nitrogens with one attached hydrogen (secondary N) is 1. The summed E-state index contributed by atoms with van der Waals surface area (Å²) in [7, 11) is 0. The zero-order valence-electron chi connectivity index (χ0n) is 9.17. The molecule has 0 aliphatic heterocycles. The Morgan fingerprint density at radius 3 is 2.59 bits per heavy atom. The van der Waals surface area contributed by atoms with E-state index in [0.29, 0.717) is 5.56 Å². The van der Waals surface area contributed by atoms with E-state index in [2.05, 4.69) is 5.32 Å². The molecule has 0 radical (unpaired) electrons. The smallest absolute Gasteiger partial charge is 0.328 e. The van der Waals surface area contributed by atoms with E-state index < -0.39 is 12.0 Å². The molecule has 5 heteroatoms. The summed E-state index contributed by atoms with van der Waals surface area (Å²) in [5.41, 5.74) is 6.44. The van der Waals surface area contributed by atoms with Crippen molar-refractivity contribution < 1.29 is 14.7 Å². The SMILES string of the molecule is NC(C(=O)NC/C=C/C(=O)O)c1ccccc1.